The minimum Gasteiger partial charge on any atom is -0.398 e. The molecular weight excluding hydrogens is 263 g/mol. The van der Waals surface area contributed by atoms with Crippen LogP contribution in [0.2, 0.25) is 5.02 Å². The number of hydrogen-bond donors (Lipinski definition) is 1. The lowest BCUT2D eigenvalue weighted by atomic mass is 9.99. The summed E-state index contributed by atoms with van der Waals surface area (Å²) in [6.07, 6.45) is -4.43. The van der Waals surface area contributed by atoms with Gasteiger partial charge in [-0.05, 0) is 17.7 Å². The molecule has 0 aliphatic rings. The van der Waals surface area contributed by atoms with Crippen molar-refractivity contribution in [3.8, 4) is 11.1 Å². The zero-order valence-electron chi connectivity index (χ0n) is 9.13. The molecule has 0 spiro atoms. The molecule has 2 rings (SSSR count). The Balaban J connectivity index is 2.69. The van der Waals surface area contributed by atoms with Gasteiger partial charge in [0.25, 0.3) is 0 Å². The average molecular weight is 272 g/mol. The van der Waals surface area contributed by atoms with Crippen LogP contribution in [0.1, 0.15) is 5.56 Å². The van der Waals surface area contributed by atoms with E-state index in [1.54, 1.807) is 12.1 Å². The van der Waals surface area contributed by atoms with Crippen LogP contribution in [0, 0.1) is 0 Å². The molecule has 0 fully saturated rings. The number of alkyl halides is 3. The van der Waals surface area contributed by atoms with E-state index < -0.39 is 11.7 Å². The van der Waals surface area contributed by atoms with Crippen molar-refractivity contribution in [3.63, 3.8) is 0 Å². The SMILES string of the molecule is Nc1cccc(-c2ccccc2C(F)(F)F)c1Cl. The largest absolute Gasteiger partial charge is 0.417 e. The molecule has 0 aromatic heterocycles. The van der Waals surface area contributed by atoms with Crippen LogP contribution in [0.25, 0.3) is 11.1 Å². The van der Waals surface area contributed by atoms with E-state index in [9.17, 15) is 13.2 Å². The Morgan fingerprint density at radius 2 is 1.50 bits per heavy atom. The summed E-state index contributed by atoms with van der Waals surface area (Å²) in [5.74, 6) is 0. The Morgan fingerprint density at radius 1 is 0.889 bits per heavy atom. The molecule has 0 unspecified atom stereocenters. The van der Waals surface area contributed by atoms with E-state index in [0.717, 1.165) is 6.07 Å². The molecule has 2 aromatic rings. The van der Waals surface area contributed by atoms with Crippen LogP contribution in [0.3, 0.4) is 0 Å². The van der Waals surface area contributed by atoms with Gasteiger partial charge in [0.05, 0.1) is 16.3 Å². The van der Waals surface area contributed by atoms with E-state index in [-0.39, 0.29) is 21.8 Å². The standard InChI is InChI=1S/C13H9ClF3N/c14-12-9(5-3-7-11(12)18)8-4-1-2-6-10(8)13(15,16)17/h1-7H,18H2. The smallest absolute Gasteiger partial charge is 0.398 e. The fourth-order valence-electron chi connectivity index (χ4n) is 1.72. The predicted octanol–water partition coefficient (Wildman–Crippen LogP) is 4.61. The van der Waals surface area contributed by atoms with Gasteiger partial charge in [0.15, 0.2) is 0 Å². The van der Waals surface area contributed by atoms with Gasteiger partial charge in [0.2, 0.25) is 0 Å². The maximum absolute atomic E-state index is 12.9. The number of halogens is 4. The summed E-state index contributed by atoms with van der Waals surface area (Å²) in [6.45, 7) is 0. The number of rotatable bonds is 1. The molecule has 0 heterocycles. The maximum Gasteiger partial charge on any atom is 0.417 e. The van der Waals surface area contributed by atoms with E-state index in [1.165, 1.54) is 24.3 Å². The first-order valence-electron chi connectivity index (χ1n) is 5.12. The molecule has 0 bridgehead atoms. The maximum atomic E-state index is 12.9. The molecule has 0 saturated carbocycles. The van der Waals surface area contributed by atoms with Crippen LogP contribution < -0.4 is 5.73 Å². The van der Waals surface area contributed by atoms with Crippen LogP contribution in [-0.4, -0.2) is 0 Å². The van der Waals surface area contributed by atoms with Crippen LogP contribution in [0.15, 0.2) is 42.5 Å². The van der Waals surface area contributed by atoms with Gasteiger partial charge < -0.3 is 5.73 Å². The molecule has 2 N–H and O–H groups in total. The van der Waals surface area contributed by atoms with Gasteiger partial charge in [-0.15, -0.1) is 0 Å². The minimum atomic E-state index is -4.43. The summed E-state index contributed by atoms with van der Waals surface area (Å²) < 4.78 is 38.7. The predicted molar refractivity (Wildman–Crippen MR) is 66.3 cm³/mol. The van der Waals surface area contributed by atoms with Crippen molar-refractivity contribution >= 4 is 17.3 Å². The van der Waals surface area contributed by atoms with Gasteiger partial charge in [-0.3, -0.25) is 0 Å². The summed E-state index contributed by atoms with van der Waals surface area (Å²) in [4.78, 5) is 0. The Morgan fingerprint density at radius 3 is 2.17 bits per heavy atom. The van der Waals surface area contributed by atoms with Crippen LogP contribution >= 0.6 is 11.6 Å². The third kappa shape index (κ3) is 2.29. The third-order valence-electron chi connectivity index (χ3n) is 2.55. The van der Waals surface area contributed by atoms with Crippen molar-refractivity contribution in [1.29, 1.82) is 0 Å². The first kappa shape index (κ1) is 12.8. The van der Waals surface area contributed by atoms with Crippen molar-refractivity contribution in [2.24, 2.45) is 0 Å². The topological polar surface area (TPSA) is 26.0 Å². The molecule has 0 amide bonds. The Labute approximate surface area is 107 Å². The fourth-order valence-corrected chi connectivity index (χ4v) is 1.95. The second-order valence-electron chi connectivity index (χ2n) is 3.75. The van der Waals surface area contributed by atoms with Crippen molar-refractivity contribution < 1.29 is 13.2 Å². The first-order valence-corrected chi connectivity index (χ1v) is 5.49. The highest BCUT2D eigenvalue weighted by Crippen LogP contribution is 2.40. The molecule has 18 heavy (non-hydrogen) atoms. The molecule has 2 aromatic carbocycles. The van der Waals surface area contributed by atoms with Crippen molar-refractivity contribution in [2.45, 2.75) is 6.18 Å². The van der Waals surface area contributed by atoms with E-state index in [0.29, 0.717) is 0 Å². The lowest BCUT2D eigenvalue weighted by Gasteiger charge is -2.14. The zero-order chi connectivity index (χ0) is 13.3. The van der Waals surface area contributed by atoms with Crippen LogP contribution in [-0.2, 0) is 6.18 Å². The summed E-state index contributed by atoms with van der Waals surface area (Å²) >= 11 is 5.96. The molecule has 0 aliphatic heterocycles. The molecule has 94 valence electrons. The molecule has 0 atom stereocenters. The summed E-state index contributed by atoms with van der Waals surface area (Å²) in [5, 5.41) is 0.134. The van der Waals surface area contributed by atoms with Gasteiger partial charge in [0.1, 0.15) is 0 Å². The van der Waals surface area contributed by atoms with Crippen molar-refractivity contribution in [2.75, 3.05) is 5.73 Å². The highest BCUT2D eigenvalue weighted by molar-refractivity contribution is 6.35. The lowest BCUT2D eigenvalue weighted by Crippen LogP contribution is -2.07. The number of anilines is 1. The Hall–Kier alpha value is -1.68. The summed E-state index contributed by atoms with van der Waals surface area (Å²) in [7, 11) is 0. The third-order valence-corrected chi connectivity index (χ3v) is 2.97. The number of benzene rings is 2. The van der Waals surface area contributed by atoms with Gasteiger partial charge in [-0.1, -0.05) is 41.9 Å². The monoisotopic (exact) mass is 271 g/mol. The summed E-state index contributed by atoms with van der Waals surface area (Å²) in [5.41, 5.74) is 5.45. The molecule has 1 nitrogen and oxygen atoms in total. The molecular formula is C13H9ClF3N. The molecule has 0 aliphatic carbocycles. The Kier molecular flexibility index (Phi) is 3.22. The zero-order valence-corrected chi connectivity index (χ0v) is 9.89. The molecule has 0 saturated heterocycles. The van der Waals surface area contributed by atoms with Crippen LogP contribution in [0.5, 0.6) is 0 Å². The van der Waals surface area contributed by atoms with E-state index in [4.69, 9.17) is 17.3 Å². The highest BCUT2D eigenvalue weighted by atomic mass is 35.5. The minimum absolute atomic E-state index is 0.0299. The van der Waals surface area contributed by atoms with E-state index in [2.05, 4.69) is 0 Å². The normalized spacial score (nSPS) is 11.6. The molecule has 0 radical (unpaired) electrons. The van der Waals surface area contributed by atoms with Gasteiger partial charge >= 0.3 is 6.18 Å². The lowest BCUT2D eigenvalue weighted by molar-refractivity contribution is -0.137. The second-order valence-corrected chi connectivity index (χ2v) is 4.13. The van der Waals surface area contributed by atoms with Gasteiger partial charge in [0, 0.05) is 5.56 Å². The van der Waals surface area contributed by atoms with Gasteiger partial charge in [-0.2, -0.15) is 13.2 Å². The van der Waals surface area contributed by atoms with Gasteiger partial charge in [-0.25, -0.2) is 0 Å². The first-order chi connectivity index (χ1) is 8.41. The number of hydrogen-bond acceptors (Lipinski definition) is 1. The van der Waals surface area contributed by atoms with Crippen molar-refractivity contribution in [3.05, 3.63) is 53.1 Å². The highest BCUT2D eigenvalue weighted by Gasteiger charge is 2.33. The van der Waals surface area contributed by atoms with Crippen LogP contribution in [0.4, 0.5) is 18.9 Å². The molecule has 5 heteroatoms. The Bertz CT molecular complexity index is 579. The fraction of sp³-hybridized carbons (Fsp3) is 0.0769. The van der Waals surface area contributed by atoms with E-state index >= 15 is 0 Å². The quantitative estimate of drug-likeness (QED) is 0.753. The average Bonchev–Trinajstić information content (AvgIpc) is 2.32. The van der Waals surface area contributed by atoms with E-state index in [1.807, 2.05) is 0 Å². The summed E-state index contributed by atoms with van der Waals surface area (Å²) in [6, 6.07) is 9.91. The second kappa shape index (κ2) is 4.53. The number of nitrogen functional groups attached to an aromatic ring is 1. The van der Waals surface area contributed by atoms with Crippen molar-refractivity contribution in [1.82, 2.24) is 0 Å². The number of nitrogens with two attached hydrogens (primary N) is 1.